The SMILES string of the molecule is CC(C)n1cc(C2c3[nH]c4ccccc4c3CCN2CCCn2cccn2)cn1. The Labute approximate surface area is 171 Å². The van der Waals surface area contributed by atoms with Gasteiger partial charge in [0.15, 0.2) is 0 Å². The average Bonchev–Trinajstić information content (AvgIpc) is 3.47. The van der Waals surface area contributed by atoms with Crippen LogP contribution < -0.4 is 0 Å². The van der Waals surface area contributed by atoms with Crippen molar-refractivity contribution >= 4 is 10.9 Å². The van der Waals surface area contributed by atoms with E-state index in [1.54, 1.807) is 0 Å². The van der Waals surface area contributed by atoms with Crippen LogP contribution >= 0.6 is 0 Å². The summed E-state index contributed by atoms with van der Waals surface area (Å²) in [5.74, 6) is 0. The first-order valence-corrected chi connectivity index (χ1v) is 10.6. The van der Waals surface area contributed by atoms with Gasteiger partial charge < -0.3 is 4.98 Å². The molecule has 0 fully saturated rings. The number of aromatic amines is 1. The maximum Gasteiger partial charge on any atom is 0.0788 e. The van der Waals surface area contributed by atoms with Crippen LogP contribution in [-0.2, 0) is 13.0 Å². The molecule has 0 spiro atoms. The topological polar surface area (TPSA) is 54.7 Å². The second-order valence-corrected chi connectivity index (χ2v) is 8.22. The molecule has 0 amide bonds. The minimum absolute atomic E-state index is 0.219. The zero-order valence-electron chi connectivity index (χ0n) is 17.1. The lowest BCUT2D eigenvalue weighted by Crippen LogP contribution is -2.37. The maximum absolute atomic E-state index is 4.64. The minimum Gasteiger partial charge on any atom is -0.357 e. The largest absolute Gasteiger partial charge is 0.357 e. The van der Waals surface area contributed by atoms with Gasteiger partial charge in [-0.3, -0.25) is 14.3 Å². The quantitative estimate of drug-likeness (QED) is 0.539. The molecule has 1 N–H and O–H groups in total. The lowest BCUT2D eigenvalue weighted by atomic mass is 9.94. The van der Waals surface area contributed by atoms with E-state index in [0.717, 1.165) is 32.5 Å². The molecule has 1 unspecified atom stereocenters. The summed E-state index contributed by atoms with van der Waals surface area (Å²) in [4.78, 5) is 6.34. The Morgan fingerprint density at radius 2 is 2.03 bits per heavy atom. The Bertz CT molecular complexity index is 1090. The smallest absolute Gasteiger partial charge is 0.0788 e. The number of rotatable bonds is 6. The van der Waals surface area contributed by atoms with Gasteiger partial charge in [-0.15, -0.1) is 0 Å². The van der Waals surface area contributed by atoms with E-state index < -0.39 is 0 Å². The number of aryl methyl sites for hydroxylation is 1. The van der Waals surface area contributed by atoms with Crippen LogP contribution in [0.25, 0.3) is 10.9 Å². The Morgan fingerprint density at radius 3 is 2.83 bits per heavy atom. The Morgan fingerprint density at radius 1 is 1.14 bits per heavy atom. The van der Waals surface area contributed by atoms with E-state index in [1.165, 1.54) is 27.7 Å². The summed E-state index contributed by atoms with van der Waals surface area (Å²) in [5.41, 5.74) is 5.30. The van der Waals surface area contributed by atoms with Gasteiger partial charge in [0.25, 0.3) is 0 Å². The molecule has 4 aromatic rings. The third kappa shape index (κ3) is 3.38. The highest BCUT2D eigenvalue weighted by molar-refractivity contribution is 5.85. The van der Waals surface area contributed by atoms with E-state index in [1.807, 2.05) is 29.3 Å². The zero-order chi connectivity index (χ0) is 19.8. The molecule has 150 valence electrons. The number of para-hydroxylation sites is 1. The molecule has 5 rings (SSSR count). The molecule has 0 aliphatic carbocycles. The number of fused-ring (bicyclic) bond motifs is 3. The second kappa shape index (κ2) is 7.52. The van der Waals surface area contributed by atoms with Crippen LogP contribution in [0.1, 0.15) is 49.2 Å². The lowest BCUT2D eigenvalue weighted by molar-refractivity contribution is 0.204. The molecule has 4 heterocycles. The van der Waals surface area contributed by atoms with Gasteiger partial charge in [-0.2, -0.15) is 10.2 Å². The molecule has 6 heteroatoms. The monoisotopic (exact) mass is 388 g/mol. The second-order valence-electron chi connectivity index (χ2n) is 8.22. The first-order valence-electron chi connectivity index (χ1n) is 10.6. The van der Waals surface area contributed by atoms with Gasteiger partial charge in [0.1, 0.15) is 0 Å². The third-order valence-electron chi connectivity index (χ3n) is 5.99. The van der Waals surface area contributed by atoms with Gasteiger partial charge >= 0.3 is 0 Å². The number of H-pyrrole nitrogens is 1. The summed E-state index contributed by atoms with van der Waals surface area (Å²) >= 11 is 0. The summed E-state index contributed by atoms with van der Waals surface area (Å²) in [6, 6.07) is 11.2. The fourth-order valence-electron chi connectivity index (χ4n) is 4.55. The highest BCUT2D eigenvalue weighted by Crippen LogP contribution is 2.38. The zero-order valence-corrected chi connectivity index (χ0v) is 17.1. The van der Waals surface area contributed by atoms with Crippen LogP contribution in [0.2, 0.25) is 0 Å². The summed E-state index contributed by atoms with van der Waals surface area (Å²) in [6.45, 7) is 7.39. The molecule has 29 heavy (non-hydrogen) atoms. The molecular formula is C23H28N6. The third-order valence-corrected chi connectivity index (χ3v) is 5.99. The van der Waals surface area contributed by atoms with Crippen LogP contribution in [0, 0.1) is 0 Å². The molecule has 1 atom stereocenters. The summed E-state index contributed by atoms with van der Waals surface area (Å²) in [7, 11) is 0. The van der Waals surface area contributed by atoms with Crippen molar-refractivity contribution in [1.29, 1.82) is 0 Å². The molecule has 6 nitrogen and oxygen atoms in total. The summed E-state index contributed by atoms with van der Waals surface area (Å²) in [5, 5.41) is 10.3. The van der Waals surface area contributed by atoms with Crippen molar-refractivity contribution in [3.63, 3.8) is 0 Å². The highest BCUT2D eigenvalue weighted by atomic mass is 15.3. The Kier molecular flexibility index (Phi) is 4.72. The van der Waals surface area contributed by atoms with Crippen LogP contribution in [0.4, 0.5) is 0 Å². The van der Waals surface area contributed by atoms with Gasteiger partial charge in [-0.1, -0.05) is 18.2 Å². The molecule has 1 aliphatic rings. The van der Waals surface area contributed by atoms with E-state index in [-0.39, 0.29) is 6.04 Å². The molecule has 0 bridgehead atoms. The van der Waals surface area contributed by atoms with E-state index in [4.69, 9.17) is 0 Å². The van der Waals surface area contributed by atoms with Crippen molar-refractivity contribution < 1.29 is 0 Å². The predicted octanol–water partition coefficient (Wildman–Crippen LogP) is 4.18. The number of nitrogens with one attached hydrogen (secondary N) is 1. The van der Waals surface area contributed by atoms with E-state index >= 15 is 0 Å². The number of nitrogens with zero attached hydrogens (tertiary/aromatic N) is 5. The van der Waals surface area contributed by atoms with Gasteiger partial charge in [0.2, 0.25) is 0 Å². The van der Waals surface area contributed by atoms with Crippen molar-refractivity contribution in [3.05, 3.63) is 71.9 Å². The highest BCUT2D eigenvalue weighted by Gasteiger charge is 2.32. The molecular weight excluding hydrogens is 360 g/mol. The molecule has 1 aliphatic heterocycles. The van der Waals surface area contributed by atoms with Gasteiger partial charge in [0, 0.05) is 66.4 Å². The van der Waals surface area contributed by atoms with Crippen molar-refractivity contribution in [1.82, 2.24) is 29.4 Å². The fraction of sp³-hybridized carbons (Fsp3) is 0.391. The predicted molar refractivity (Wildman–Crippen MR) is 115 cm³/mol. The first kappa shape index (κ1) is 18.2. The Hall–Kier alpha value is -2.86. The fourth-order valence-corrected chi connectivity index (χ4v) is 4.55. The van der Waals surface area contributed by atoms with Gasteiger partial charge in [-0.25, -0.2) is 0 Å². The number of hydrogen-bond acceptors (Lipinski definition) is 3. The Balaban J connectivity index is 1.48. The first-order chi connectivity index (χ1) is 14.2. The van der Waals surface area contributed by atoms with Crippen molar-refractivity contribution in [2.45, 2.75) is 45.3 Å². The number of hydrogen-bond donors (Lipinski definition) is 1. The maximum atomic E-state index is 4.64. The van der Waals surface area contributed by atoms with Gasteiger partial charge in [0.05, 0.1) is 12.2 Å². The van der Waals surface area contributed by atoms with Crippen LogP contribution in [0.15, 0.2) is 55.1 Å². The molecule has 0 saturated carbocycles. The van der Waals surface area contributed by atoms with Crippen LogP contribution in [0.5, 0.6) is 0 Å². The lowest BCUT2D eigenvalue weighted by Gasteiger charge is -2.35. The molecule has 0 saturated heterocycles. The number of benzene rings is 1. The van der Waals surface area contributed by atoms with E-state index in [0.29, 0.717) is 6.04 Å². The van der Waals surface area contributed by atoms with Crippen molar-refractivity contribution in [2.75, 3.05) is 13.1 Å². The van der Waals surface area contributed by atoms with E-state index in [2.05, 4.69) is 69.1 Å². The van der Waals surface area contributed by atoms with E-state index in [9.17, 15) is 0 Å². The normalized spacial score (nSPS) is 17.3. The van der Waals surface area contributed by atoms with Gasteiger partial charge in [-0.05, 0) is 44.4 Å². The van der Waals surface area contributed by atoms with Crippen LogP contribution in [-0.4, -0.2) is 42.5 Å². The molecule has 3 aromatic heterocycles. The molecule has 0 radical (unpaired) electrons. The summed E-state index contributed by atoms with van der Waals surface area (Å²) < 4.78 is 4.08. The standard InChI is InChI=1S/C23H28N6/c1-17(2)29-16-18(15-25-29)23-22-20(19-7-3-4-8-21(19)26-22)9-14-27(23)11-6-13-28-12-5-10-24-28/h3-5,7-8,10,12,15-17,23,26H,6,9,11,13-14H2,1-2H3. The van der Waals surface area contributed by atoms with Crippen molar-refractivity contribution in [3.8, 4) is 0 Å². The minimum atomic E-state index is 0.219. The van der Waals surface area contributed by atoms with Crippen LogP contribution in [0.3, 0.4) is 0 Å². The summed E-state index contributed by atoms with van der Waals surface area (Å²) in [6.07, 6.45) is 10.3. The molecule has 1 aromatic carbocycles. The number of aromatic nitrogens is 5. The average molecular weight is 389 g/mol. The van der Waals surface area contributed by atoms with Crippen molar-refractivity contribution in [2.24, 2.45) is 0 Å².